The van der Waals surface area contributed by atoms with E-state index in [9.17, 15) is 13.2 Å². The molecule has 5 nitrogen and oxygen atoms in total. The van der Waals surface area contributed by atoms with Crippen molar-refractivity contribution < 1.29 is 22.7 Å². The summed E-state index contributed by atoms with van der Waals surface area (Å²) in [6.45, 7) is 28.9. The molecule has 1 aliphatic rings. The number of rotatable bonds is 14. The number of ketones is 1. The molecule has 632 valence electrons. The predicted molar refractivity (Wildman–Crippen MR) is 537 cm³/mol. The van der Waals surface area contributed by atoms with Crippen molar-refractivity contribution in [3.63, 3.8) is 0 Å². The van der Waals surface area contributed by atoms with Crippen molar-refractivity contribution in [1.29, 1.82) is 0 Å². The molecule has 1 aliphatic carbocycles. The maximum absolute atomic E-state index is 12.3. The molecular formula is C104H132O5S9. The van der Waals surface area contributed by atoms with Gasteiger partial charge in [0, 0.05) is 49.8 Å². The third-order valence-electron chi connectivity index (χ3n) is 17.8. The molecule has 0 atom stereocenters. The first-order valence-electron chi connectivity index (χ1n) is 39.5. The molecule has 0 aliphatic heterocycles. The van der Waals surface area contributed by atoms with Crippen LogP contribution in [-0.4, -0.2) is 88.8 Å². The van der Waals surface area contributed by atoms with E-state index in [2.05, 4.69) is 273 Å². The van der Waals surface area contributed by atoms with Gasteiger partial charge in [0.25, 0.3) is 0 Å². The van der Waals surface area contributed by atoms with E-state index in [1.165, 1.54) is 111 Å². The minimum Gasteiger partial charge on any atom is -0.457 e. The van der Waals surface area contributed by atoms with Crippen LogP contribution in [0, 0.1) is 82.1 Å². The minimum atomic E-state index is -3.37. The lowest BCUT2D eigenvalue weighted by atomic mass is 9.90. The average molecular weight is 1750 g/mol. The lowest BCUT2D eigenvalue weighted by Gasteiger charge is -2.36. The number of ether oxygens (including phenoxy) is 2. The number of sulfone groups is 1. The van der Waals surface area contributed by atoms with Gasteiger partial charge in [0.1, 0.15) is 11.5 Å². The smallest absolute Gasteiger partial charge is 0.206 e. The number of carbonyl (C=O) groups excluding carboxylic acids is 1. The van der Waals surface area contributed by atoms with Crippen molar-refractivity contribution in [2.75, 3.05) is 70.5 Å². The van der Waals surface area contributed by atoms with E-state index in [1.807, 2.05) is 151 Å². The molecule has 0 heterocycles. The summed E-state index contributed by atoms with van der Waals surface area (Å²) in [4.78, 5) is 19.4. The van der Waals surface area contributed by atoms with Crippen LogP contribution < -0.4 is 4.74 Å². The van der Waals surface area contributed by atoms with E-state index in [0.717, 1.165) is 39.7 Å². The highest BCUT2D eigenvalue weighted by atomic mass is 32.2. The van der Waals surface area contributed by atoms with Crippen LogP contribution in [-0.2, 0) is 14.6 Å². The Bertz CT molecular complexity index is 4430. The van der Waals surface area contributed by atoms with Crippen molar-refractivity contribution in [3.8, 4) is 22.6 Å². The fourth-order valence-electron chi connectivity index (χ4n) is 10.5. The zero-order valence-corrected chi connectivity index (χ0v) is 82.2. The molecule has 12 aromatic rings. The summed E-state index contributed by atoms with van der Waals surface area (Å²) in [5, 5.41) is 0. The van der Waals surface area contributed by atoms with Crippen LogP contribution in [0.4, 0.5) is 0 Å². The molecule has 13 rings (SSSR count). The number of hydrogen-bond donors (Lipinski definition) is 0. The van der Waals surface area contributed by atoms with Crippen LogP contribution in [0.3, 0.4) is 0 Å². The van der Waals surface area contributed by atoms with Gasteiger partial charge >= 0.3 is 0 Å². The van der Waals surface area contributed by atoms with Crippen molar-refractivity contribution in [2.45, 2.75) is 161 Å². The van der Waals surface area contributed by atoms with Crippen LogP contribution in [0.2, 0.25) is 0 Å². The molecule has 0 amide bonds. The van der Waals surface area contributed by atoms with Gasteiger partial charge in [-0.25, -0.2) is 8.42 Å². The quantitative estimate of drug-likeness (QED) is 0.0590. The normalized spacial score (nSPS) is 11.2. The van der Waals surface area contributed by atoms with Crippen molar-refractivity contribution in [1.82, 2.24) is 0 Å². The Labute approximate surface area is 749 Å². The average Bonchev–Trinajstić information content (AvgIpc) is 0.805. The Kier molecular flexibility index (Phi) is 56.2. The topological polar surface area (TPSA) is 69.7 Å². The number of hydrogen-bond acceptors (Lipinski definition) is 13. The third kappa shape index (κ3) is 44.4. The maximum atomic E-state index is 12.3. The highest BCUT2D eigenvalue weighted by molar-refractivity contribution is 8.17. The number of benzene rings is 12. The van der Waals surface area contributed by atoms with Crippen LogP contribution in [0.15, 0.2) is 325 Å². The Hall–Kier alpha value is -7.18. The molecular weight excluding hydrogens is 1620 g/mol. The lowest BCUT2D eigenvalue weighted by Crippen LogP contribution is -2.25. The fourth-order valence-corrected chi connectivity index (χ4v) is 15.9. The fraction of sp³-hybridized carbons (Fsp3) is 0.298. The summed E-state index contributed by atoms with van der Waals surface area (Å²) >= 11 is 14.8. The van der Waals surface area contributed by atoms with Crippen LogP contribution in [0.5, 0.6) is 11.5 Å². The highest BCUT2D eigenvalue weighted by Crippen LogP contribution is 2.47. The Morgan fingerprint density at radius 3 is 0.797 bits per heavy atom. The summed E-state index contributed by atoms with van der Waals surface area (Å²) in [6, 6.07) is 96.7. The van der Waals surface area contributed by atoms with E-state index in [-0.39, 0.29) is 5.78 Å². The number of aryl methyl sites for hydroxylation is 11. The summed E-state index contributed by atoms with van der Waals surface area (Å²) in [6.07, 6.45) is 24.7. The van der Waals surface area contributed by atoms with Gasteiger partial charge in [-0.05, 0) is 284 Å². The molecule has 12 aromatic carbocycles. The predicted octanol–water partition coefficient (Wildman–Crippen LogP) is 31.9. The maximum Gasteiger partial charge on any atom is 0.206 e. The van der Waals surface area contributed by atoms with Crippen molar-refractivity contribution in [2.24, 2.45) is 5.92 Å². The highest BCUT2D eigenvalue weighted by Gasteiger charge is 2.32. The van der Waals surface area contributed by atoms with Gasteiger partial charge in [-0.15, -0.1) is 82.3 Å². The minimum absolute atomic E-state index is 0.0833. The largest absolute Gasteiger partial charge is 0.457 e. The summed E-state index contributed by atoms with van der Waals surface area (Å²) in [5.41, 5.74) is 17.6. The molecule has 0 aromatic heterocycles. The Morgan fingerprint density at radius 2 is 0.551 bits per heavy atom. The molecule has 0 N–H and O–H groups in total. The zero-order valence-electron chi connectivity index (χ0n) is 74.8. The van der Waals surface area contributed by atoms with Crippen LogP contribution in [0.25, 0.3) is 11.1 Å². The molecule has 14 heteroatoms. The van der Waals surface area contributed by atoms with Gasteiger partial charge in [-0.1, -0.05) is 264 Å². The van der Waals surface area contributed by atoms with E-state index in [0.29, 0.717) is 13.9 Å². The van der Waals surface area contributed by atoms with Gasteiger partial charge in [0.05, 0.1) is 13.9 Å². The van der Waals surface area contributed by atoms with Gasteiger partial charge in [0.2, 0.25) is 9.84 Å². The van der Waals surface area contributed by atoms with E-state index < -0.39 is 9.84 Å². The van der Waals surface area contributed by atoms with E-state index in [1.54, 1.807) is 133 Å². The summed E-state index contributed by atoms with van der Waals surface area (Å²) in [5.74, 6) is 2.82. The van der Waals surface area contributed by atoms with Crippen molar-refractivity contribution in [3.05, 3.63) is 364 Å². The molecule has 1 saturated carbocycles. The van der Waals surface area contributed by atoms with Gasteiger partial charge < -0.3 is 9.47 Å². The Balaban J connectivity index is 0.000000449. The number of methoxy groups -OCH3 is 1. The Morgan fingerprint density at radius 1 is 0.322 bits per heavy atom. The molecule has 0 unspecified atom stereocenters. The summed E-state index contributed by atoms with van der Waals surface area (Å²) < 4.78 is 35.0. The first-order valence-corrected chi connectivity index (χ1v) is 51.2. The van der Waals surface area contributed by atoms with Crippen molar-refractivity contribution >= 4 is 110 Å². The SMILES string of the molecule is CC.COC.CSC.CSC1(SC)CCC(C)CC1.CSc1ccc(-c2ccc(C)cc2)cc1.CSc1ccc(C)cc1.CSc1ccc(C)cc1.CSc1ccc(C)cc1.CSc1cccc(C)c1.Cc1ccc(C(=O)c2ccc(C)cc2)cc1.Cc1ccc(Oc2ccc(C)cc2)cc1.Cc1ccc(S(=O)(=O)c2ccc(C)cc2)cc1. The first kappa shape index (κ1) is 107. The lowest BCUT2D eigenvalue weighted by molar-refractivity contribution is 0.103. The van der Waals surface area contributed by atoms with Gasteiger partial charge in [-0.3, -0.25) is 4.79 Å². The zero-order chi connectivity index (χ0) is 87.9. The third-order valence-corrected chi connectivity index (χ3v) is 26.6. The molecule has 118 heavy (non-hydrogen) atoms. The molecule has 1 fully saturated rings. The van der Waals surface area contributed by atoms with E-state index >= 15 is 0 Å². The second-order valence-electron chi connectivity index (χ2n) is 27.9. The van der Waals surface area contributed by atoms with Gasteiger partial charge in [-0.2, -0.15) is 11.8 Å². The standard InChI is InChI=1S/C15H14O.C14H14O2S.C14H14O.C14H14S.C9H18S2.4C8H10S.C2H6O.C2H6S.C2H6/c1-11-3-7-13(8-4-11)15(16)14-9-5-12(2)6-10-14;1-11-3-7-13(8-4-11)17(15,16)14-9-5-12(2)6-10-14;1-11-3-7-13(8-4-11)15-14-9-5-12(2)6-10-14;1-11-3-5-12(6-4-11)13-7-9-14(15-2)10-8-13;1-8-4-6-9(10-2,11-3)7-5-8;3*1-7-3-5-8(9-2)6-4-7;1-7-4-3-5-8(6-7)9-2;2*1-3-2;1-2/h3-10H,1-2H3;3-10H,1-2H3;2*3-10H,1-2H3;8H,4-7H2,1-3H3;4*3-6H,1-2H3;2*1-2H3;1-2H3. The first-order chi connectivity index (χ1) is 56.5. The summed E-state index contributed by atoms with van der Waals surface area (Å²) in [7, 11) is -0.123. The molecule has 0 radical (unpaired) electrons. The monoisotopic (exact) mass is 1750 g/mol. The molecule has 0 bridgehead atoms. The number of thioether (sulfide) groups is 8. The second kappa shape index (κ2) is 62.0. The molecule has 0 spiro atoms. The number of carbonyl (C=O) groups is 1. The van der Waals surface area contributed by atoms with Gasteiger partial charge in [0.15, 0.2) is 5.78 Å². The van der Waals surface area contributed by atoms with E-state index in [4.69, 9.17) is 4.74 Å². The molecule has 0 saturated heterocycles. The van der Waals surface area contributed by atoms with Crippen LogP contribution in [0.1, 0.15) is 124 Å². The van der Waals surface area contributed by atoms with Crippen LogP contribution >= 0.6 is 94.1 Å². The second-order valence-corrected chi connectivity index (χ2v) is 37.7.